The Morgan fingerprint density at radius 2 is 1.79 bits per heavy atom. The lowest BCUT2D eigenvalue weighted by Gasteiger charge is -2.12. The van der Waals surface area contributed by atoms with E-state index in [1.54, 1.807) is 18.2 Å². The van der Waals surface area contributed by atoms with Crippen LogP contribution < -0.4 is 5.32 Å². The first-order valence-corrected chi connectivity index (χ1v) is 8.81. The van der Waals surface area contributed by atoms with Crippen LogP contribution in [0.4, 0.5) is 5.69 Å². The van der Waals surface area contributed by atoms with Crippen molar-refractivity contribution in [1.29, 1.82) is 0 Å². The highest BCUT2D eigenvalue weighted by Gasteiger charge is 2.17. The monoisotopic (exact) mass is 344 g/mol. The third kappa shape index (κ3) is 4.53. The lowest BCUT2D eigenvalue weighted by atomic mass is 10.1. The molecule has 0 fully saturated rings. The molecule has 0 saturated heterocycles. The number of carbonyl (C=O) groups excluding carboxylic acids is 1. The number of amides is 1. The normalized spacial score (nSPS) is 11.8. The Morgan fingerprint density at radius 3 is 2.46 bits per heavy atom. The lowest BCUT2D eigenvalue weighted by Crippen LogP contribution is -2.22. The Kier molecular flexibility index (Phi) is 5.54. The van der Waals surface area contributed by atoms with Crippen LogP contribution in [-0.4, -0.2) is 32.7 Å². The van der Waals surface area contributed by atoms with Gasteiger partial charge in [-0.25, -0.2) is 12.7 Å². The Bertz CT molecular complexity index is 871. The Morgan fingerprint density at radius 1 is 1.08 bits per heavy atom. The van der Waals surface area contributed by atoms with E-state index in [0.29, 0.717) is 5.69 Å². The summed E-state index contributed by atoms with van der Waals surface area (Å²) in [5.41, 5.74) is 2.46. The number of carbonyl (C=O) groups is 1. The van der Waals surface area contributed by atoms with Gasteiger partial charge in [0.05, 0.1) is 4.90 Å². The van der Waals surface area contributed by atoms with Crippen molar-refractivity contribution in [3.05, 3.63) is 65.7 Å². The first-order valence-electron chi connectivity index (χ1n) is 7.37. The minimum atomic E-state index is -3.53. The predicted octanol–water partition coefficient (Wildman–Crippen LogP) is 2.90. The second kappa shape index (κ2) is 7.42. The van der Waals surface area contributed by atoms with Crippen LogP contribution in [0.3, 0.4) is 0 Å². The molecule has 0 aromatic heterocycles. The van der Waals surface area contributed by atoms with E-state index in [4.69, 9.17) is 0 Å². The van der Waals surface area contributed by atoms with E-state index in [-0.39, 0.29) is 10.8 Å². The number of nitrogens with zero attached hydrogens (tertiary/aromatic N) is 1. The molecule has 6 heteroatoms. The number of hydrogen-bond acceptors (Lipinski definition) is 3. The molecule has 2 rings (SSSR count). The lowest BCUT2D eigenvalue weighted by molar-refractivity contribution is -0.111. The fourth-order valence-corrected chi connectivity index (χ4v) is 3.02. The molecule has 0 atom stereocenters. The van der Waals surface area contributed by atoms with Gasteiger partial charge in [-0.15, -0.1) is 0 Å². The zero-order valence-electron chi connectivity index (χ0n) is 13.9. The minimum absolute atomic E-state index is 0.132. The molecule has 126 valence electrons. The summed E-state index contributed by atoms with van der Waals surface area (Å²) in [4.78, 5) is 12.1. The molecule has 1 amide bonds. The summed E-state index contributed by atoms with van der Waals surface area (Å²) in [6, 6.07) is 13.9. The average Bonchev–Trinajstić information content (AvgIpc) is 2.53. The molecule has 0 unspecified atom stereocenters. The van der Waals surface area contributed by atoms with Crippen LogP contribution in [0.15, 0.2) is 59.5 Å². The number of anilines is 1. The van der Waals surface area contributed by atoms with Crippen molar-refractivity contribution in [3.8, 4) is 0 Å². The zero-order chi connectivity index (χ0) is 17.7. The maximum atomic E-state index is 12.1. The highest BCUT2D eigenvalue weighted by Crippen LogP contribution is 2.18. The quantitative estimate of drug-likeness (QED) is 0.848. The van der Waals surface area contributed by atoms with Gasteiger partial charge < -0.3 is 5.32 Å². The van der Waals surface area contributed by atoms with Gasteiger partial charge in [-0.2, -0.15) is 0 Å². The number of rotatable bonds is 5. The second-order valence-corrected chi connectivity index (χ2v) is 7.70. The highest BCUT2D eigenvalue weighted by atomic mass is 32.2. The van der Waals surface area contributed by atoms with Crippen LogP contribution in [-0.2, 0) is 14.8 Å². The van der Waals surface area contributed by atoms with Gasteiger partial charge in [-0.1, -0.05) is 35.9 Å². The number of sulfonamides is 1. The summed E-state index contributed by atoms with van der Waals surface area (Å²) in [5, 5.41) is 2.67. The van der Waals surface area contributed by atoms with Gasteiger partial charge in [0, 0.05) is 25.9 Å². The fourth-order valence-electron chi connectivity index (χ4n) is 2.07. The minimum Gasteiger partial charge on any atom is -0.322 e. The molecule has 0 spiro atoms. The van der Waals surface area contributed by atoms with Crippen molar-refractivity contribution in [3.63, 3.8) is 0 Å². The van der Waals surface area contributed by atoms with Gasteiger partial charge in [0.15, 0.2) is 0 Å². The molecule has 5 nitrogen and oxygen atoms in total. The van der Waals surface area contributed by atoms with Gasteiger partial charge in [0.1, 0.15) is 0 Å². The molecule has 0 heterocycles. The Balaban J connectivity index is 2.12. The summed E-state index contributed by atoms with van der Waals surface area (Å²) in [5.74, 6) is -0.323. The van der Waals surface area contributed by atoms with Gasteiger partial charge in [-0.3, -0.25) is 4.79 Å². The maximum Gasteiger partial charge on any atom is 0.248 e. The molecule has 24 heavy (non-hydrogen) atoms. The van der Waals surface area contributed by atoms with E-state index >= 15 is 0 Å². The van der Waals surface area contributed by atoms with E-state index in [0.717, 1.165) is 15.4 Å². The Labute approximate surface area is 142 Å². The number of hydrogen-bond donors (Lipinski definition) is 1. The van der Waals surface area contributed by atoms with Crippen LogP contribution in [0.1, 0.15) is 11.1 Å². The maximum absolute atomic E-state index is 12.1. The van der Waals surface area contributed by atoms with Crippen LogP contribution in [0, 0.1) is 6.92 Å². The number of nitrogens with one attached hydrogen (secondary N) is 1. The van der Waals surface area contributed by atoms with Crippen molar-refractivity contribution < 1.29 is 13.2 Å². The third-order valence-corrected chi connectivity index (χ3v) is 5.16. The number of benzene rings is 2. The molecule has 1 N–H and O–H groups in total. The molecular formula is C18H20N2O3S. The van der Waals surface area contributed by atoms with E-state index in [1.165, 1.54) is 32.3 Å². The molecule has 0 saturated carbocycles. The van der Waals surface area contributed by atoms with Crippen molar-refractivity contribution in [2.45, 2.75) is 11.8 Å². The molecule has 0 aliphatic rings. The molecule has 0 aliphatic heterocycles. The fraction of sp³-hybridized carbons (Fsp3) is 0.167. The first-order chi connectivity index (χ1) is 11.3. The van der Waals surface area contributed by atoms with Gasteiger partial charge in [0.25, 0.3) is 0 Å². The standard InChI is InChI=1S/C18H20N2O3S/c1-14-6-4-7-15(12-14)10-11-18(21)19-16-8-5-9-17(13-16)24(22,23)20(2)3/h4-13H,1-3H3,(H,19,21)/b11-10+. The first kappa shape index (κ1) is 17.9. The predicted molar refractivity (Wildman–Crippen MR) is 96.2 cm³/mol. The highest BCUT2D eigenvalue weighted by molar-refractivity contribution is 7.89. The second-order valence-electron chi connectivity index (χ2n) is 5.55. The third-order valence-electron chi connectivity index (χ3n) is 3.35. The summed E-state index contributed by atoms with van der Waals surface area (Å²) in [6.45, 7) is 1.98. The van der Waals surface area contributed by atoms with E-state index in [2.05, 4.69) is 5.32 Å². The smallest absolute Gasteiger partial charge is 0.248 e. The SMILES string of the molecule is Cc1cccc(/C=C/C(=O)Nc2cccc(S(=O)(=O)N(C)C)c2)c1. The van der Waals surface area contributed by atoms with Gasteiger partial charge in [0.2, 0.25) is 15.9 Å². The molecular weight excluding hydrogens is 324 g/mol. The summed E-state index contributed by atoms with van der Waals surface area (Å²) in [7, 11) is -0.604. The van der Waals surface area contributed by atoms with Crippen LogP contribution in [0.25, 0.3) is 6.08 Å². The van der Waals surface area contributed by atoms with E-state index in [9.17, 15) is 13.2 Å². The zero-order valence-corrected chi connectivity index (χ0v) is 14.7. The molecule has 2 aromatic carbocycles. The molecule has 0 aliphatic carbocycles. The number of aryl methyl sites for hydroxylation is 1. The van der Waals surface area contributed by atoms with Crippen LogP contribution in [0.2, 0.25) is 0 Å². The average molecular weight is 344 g/mol. The topological polar surface area (TPSA) is 66.5 Å². The summed E-state index contributed by atoms with van der Waals surface area (Å²) >= 11 is 0. The van der Waals surface area contributed by atoms with E-state index in [1.807, 2.05) is 31.2 Å². The van der Waals surface area contributed by atoms with Gasteiger partial charge in [-0.05, 0) is 36.8 Å². The van der Waals surface area contributed by atoms with Crippen molar-refractivity contribution in [2.75, 3.05) is 19.4 Å². The van der Waals surface area contributed by atoms with E-state index < -0.39 is 10.0 Å². The van der Waals surface area contributed by atoms with Gasteiger partial charge >= 0.3 is 0 Å². The summed E-state index contributed by atoms with van der Waals surface area (Å²) < 4.78 is 25.4. The van der Waals surface area contributed by atoms with Crippen LogP contribution in [0.5, 0.6) is 0 Å². The molecule has 0 bridgehead atoms. The largest absolute Gasteiger partial charge is 0.322 e. The van der Waals surface area contributed by atoms with Crippen LogP contribution >= 0.6 is 0 Å². The van der Waals surface area contributed by atoms with Crippen molar-refractivity contribution >= 4 is 27.7 Å². The Hall–Kier alpha value is -2.44. The van der Waals surface area contributed by atoms with Crippen molar-refractivity contribution in [1.82, 2.24) is 4.31 Å². The molecule has 2 aromatic rings. The summed E-state index contributed by atoms with van der Waals surface area (Å²) in [6.07, 6.45) is 3.13. The van der Waals surface area contributed by atoms with Crippen molar-refractivity contribution in [2.24, 2.45) is 0 Å². The molecule has 0 radical (unpaired) electrons.